The summed E-state index contributed by atoms with van der Waals surface area (Å²) in [7, 11) is 0. The third kappa shape index (κ3) is 2.85. The van der Waals surface area contributed by atoms with Crippen molar-refractivity contribution in [2.45, 2.75) is 38.6 Å². The Morgan fingerprint density at radius 2 is 2.29 bits per heavy atom. The van der Waals surface area contributed by atoms with Gasteiger partial charge in [0.1, 0.15) is 11.6 Å². The van der Waals surface area contributed by atoms with Crippen LogP contribution in [0.4, 0.5) is 5.82 Å². The van der Waals surface area contributed by atoms with Crippen molar-refractivity contribution in [1.82, 2.24) is 9.97 Å². The average Bonchev–Trinajstić information content (AvgIpc) is 3.08. The van der Waals surface area contributed by atoms with Crippen LogP contribution in [-0.2, 0) is 0 Å². The molecule has 0 saturated heterocycles. The van der Waals surface area contributed by atoms with Crippen LogP contribution in [0.25, 0.3) is 0 Å². The highest BCUT2D eigenvalue weighted by Gasteiger charge is 2.27. The van der Waals surface area contributed by atoms with E-state index in [0.29, 0.717) is 18.3 Å². The number of aliphatic hydroxyl groups excluding tert-OH is 1. The normalized spacial score (nSPS) is 15.3. The molecule has 5 nitrogen and oxygen atoms in total. The van der Waals surface area contributed by atoms with Crippen LogP contribution in [-0.4, -0.2) is 34.3 Å². The van der Waals surface area contributed by atoms with E-state index in [-0.39, 0.29) is 18.2 Å². The second-order valence-corrected chi connectivity index (χ2v) is 4.77. The second-order valence-electron chi connectivity index (χ2n) is 4.77. The molecule has 0 atom stereocenters. The number of aromatic nitrogens is 2. The minimum atomic E-state index is -0.111. The molecule has 1 aliphatic rings. The first-order valence-electron chi connectivity index (χ1n) is 6.10. The molecule has 94 valence electrons. The van der Waals surface area contributed by atoms with Gasteiger partial charge < -0.3 is 15.0 Å². The molecule has 0 spiro atoms. The topological polar surface area (TPSA) is 69.2 Å². The van der Waals surface area contributed by atoms with Crippen LogP contribution in [0.3, 0.4) is 0 Å². The quantitative estimate of drug-likeness (QED) is 0.796. The Morgan fingerprint density at radius 1 is 1.59 bits per heavy atom. The van der Waals surface area contributed by atoms with Crippen LogP contribution in [0.2, 0.25) is 0 Å². The van der Waals surface area contributed by atoms with Crippen molar-refractivity contribution < 1.29 is 5.11 Å². The summed E-state index contributed by atoms with van der Waals surface area (Å²) in [6.45, 7) is 4.61. The van der Waals surface area contributed by atoms with Gasteiger partial charge in [0.2, 0.25) is 0 Å². The number of nitrogens with zero attached hydrogens (tertiary/aromatic N) is 2. The Hall–Kier alpha value is -1.36. The standard InChI is InChI=1S/C12H19N3O2/c1-8(2)15(5-6-16)10-7-11(17)14-12(13-10)9-3-4-9/h7-9,16H,3-6H2,1-2H3,(H,13,14,17). The maximum absolute atomic E-state index is 11.6. The molecule has 1 heterocycles. The van der Waals surface area contributed by atoms with Crippen LogP contribution >= 0.6 is 0 Å². The van der Waals surface area contributed by atoms with E-state index in [1.165, 1.54) is 6.07 Å². The van der Waals surface area contributed by atoms with Gasteiger partial charge in [-0.25, -0.2) is 4.98 Å². The van der Waals surface area contributed by atoms with Crippen molar-refractivity contribution >= 4 is 5.82 Å². The van der Waals surface area contributed by atoms with Gasteiger partial charge >= 0.3 is 0 Å². The van der Waals surface area contributed by atoms with Crippen LogP contribution < -0.4 is 10.5 Å². The highest BCUT2D eigenvalue weighted by atomic mass is 16.3. The van der Waals surface area contributed by atoms with Gasteiger partial charge in [0, 0.05) is 24.6 Å². The van der Waals surface area contributed by atoms with Gasteiger partial charge in [-0.15, -0.1) is 0 Å². The van der Waals surface area contributed by atoms with Gasteiger partial charge in [0.25, 0.3) is 5.56 Å². The van der Waals surface area contributed by atoms with Gasteiger partial charge in [-0.3, -0.25) is 4.79 Å². The van der Waals surface area contributed by atoms with Gasteiger partial charge in [0.15, 0.2) is 0 Å². The molecule has 1 fully saturated rings. The number of nitrogens with one attached hydrogen (secondary N) is 1. The molecule has 2 rings (SSSR count). The summed E-state index contributed by atoms with van der Waals surface area (Å²) in [5, 5.41) is 9.05. The molecule has 0 aliphatic heterocycles. The van der Waals surface area contributed by atoms with Crippen molar-refractivity contribution in [3.8, 4) is 0 Å². The van der Waals surface area contributed by atoms with Gasteiger partial charge in [-0.2, -0.15) is 0 Å². The smallest absolute Gasteiger partial charge is 0.252 e. The largest absolute Gasteiger partial charge is 0.395 e. The Balaban J connectivity index is 2.31. The summed E-state index contributed by atoms with van der Waals surface area (Å²) in [5.74, 6) is 1.88. The second kappa shape index (κ2) is 4.87. The summed E-state index contributed by atoms with van der Waals surface area (Å²) in [6, 6.07) is 1.71. The van der Waals surface area contributed by atoms with E-state index in [2.05, 4.69) is 9.97 Å². The number of aromatic amines is 1. The first kappa shape index (κ1) is 12.1. The molecule has 1 aliphatic carbocycles. The van der Waals surface area contributed by atoms with Crippen molar-refractivity contribution in [3.63, 3.8) is 0 Å². The zero-order valence-electron chi connectivity index (χ0n) is 10.3. The molecule has 17 heavy (non-hydrogen) atoms. The molecule has 0 radical (unpaired) electrons. The van der Waals surface area contributed by atoms with E-state index in [1.807, 2.05) is 18.7 Å². The molecule has 1 aromatic rings. The first-order chi connectivity index (χ1) is 8.11. The van der Waals surface area contributed by atoms with Crippen molar-refractivity contribution in [1.29, 1.82) is 0 Å². The van der Waals surface area contributed by atoms with Crippen LogP contribution in [0.5, 0.6) is 0 Å². The zero-order chi connectivity index (χ0) is 12.4. The third-order valence-corrected chi connectivity index (χ3v) is 2.97. The van der Waals surface area contributed by atoms with E-state index in [9.17, 15) is 4.79 Å². The fraction of sp³-hybridized carbons (Fsp3) is 0.667. The molecule has 1 saturated carbocycles. The fourth-order valence-electron chi connectivity index (χ4n) is 1.91. The Labute approximate surface area is 100 Å². The molecule has 0 aromatic carbocycles. The van der Waals surface area contributed by atoms with E-state index in [1.54, 1.807) is 0 Å². The zero-order valence-corrected chi connectivity index (χ0v) is 10.3. The lowest BCUT2D eigenvalue weighted by Gasteiger charge is -2.27. The maximum atomic E-state index is 11.6. The lowest BCUT2D eigenvalue weighted by molar-refractivity contribution is 0.298. The van der Waals surface area contributed by atoms with E-state index < -0.39 is 0 Å². The number of anilines is 1. The number of H-pyrrole nitrogens is 1. The summed E-state index contributed by atoms with van der Waals surface area (Å²) >= 11 is 0. The Bertz CT molecular complexity index is 438. The van der Waals surface area contributed by atoms with E-state index >= 15 is 0 Å². The Kier molecular flexibility index (Phi) is 3.47. The highest BCUT2D eigenvalue weighted by molar-refractivity contribution is 5.39. The molecule has 1 aromatic heterocycles. The number of hydrogen-bond acceptors (Lipinski definition) is 4. The molecule has 0 amide bonds. The lowest BCUT2D eigenvalue weighted by atomic mass is 10.3. The third-order valence-electron chi connectivity index (χ3n) is 2.97. The predicted molar refractivity (Wildman–Crippen MR) is 66.4 cm³/mol. The van der Waals surface area contributed by atoms with Gasteiger partial charge in [0.05, 0.1) is 6.61 Å². The summed E-state index contributed by atoms with van der Waals surface area (Å²) in [4.78, 5) is 20.8. The number of rotatable bonds is 5. The molecule has 0 bridgehead atoms. The Morgan fingerprint density at radius 3 is 2.82 bits per heavy atom. The lowest BCUT2D eigenvalue weighted by Crippen LogP contribution is -2.35. The van der Waals surface area contributed by atoms with Gasteiger partial charge in [-0.05, 0) is 26.7 Å². The molecular weight excluding hydrogens is 218 g/mol. The van der Waals surface area contributed by atoms with Crippen LogP contribution in [0.1, 0.15) is 38.4 Å². The minimum Gasteiger partial charge on any atom is -0.395 e. The van der Waals surface area contributed by atoms with E-state index in [0.717, 1.165) is 18.7 Å². The highest BCUT2D eigenvalue weighted by Crippen LogP contribution is 2.37. The summed E-state index contributed by atoms with van der Waals surface area (Å²) in [5.41, 5.74) is -0.111. The fourth-order valence-corrected chi connectivity index (χ4v) is 1.91. The van der Waals surface area contributed by atoms with Crippen LogP contribution in [0.15, 0.2) is 10.9 Å². The summed E-state index contributed by atoms with van der Waals surface area (Å²) in [6.07, 6.45) is 2.21. The monoisotopic (exact) mass is 237 g/mol. The molecule has 0 unspecified atom stereocenters. The molecule has 2 N–H and O–H groups in total. The summed E-state index contributed by atoms with van der Waals surface area (Å²) < 4.78 is 0. The van der Waals surface area contributed by atoms with Crippen molar-refractivity contribution in [3.05, 3.63) is 22.2 Å². The molecule has 5 heteroatoms. The van der Waals surface area contributed by atoms with Gasteiger partial charge in [-0.1, -0.05) is 0 Å². The first-order valence-corrected chi connectivity index (χ1v) is 6.10. The van der Waals surface area contributed by atoms with Crippen molar-refractivity contribution in [2.24, 2.45) is 0 Å². The van der Waals surface area contributed by atoms with Crippen LogP contribution in [0, 0.1) is 0 Å². The average molecular weight is 237 g/mol. The number of hydrogen-bond donors (Lipinski definition) is 2. The minimum absolute atomic E-state index is 0.0609. The SMILES string of the molecule is CC(C)N(CCO)c1cc(=O)[nH]c(C2CC2)n1. The number of aliphatic hydroxyl groups is 1. The van der Waals surface area contributed by atoms with Crippen molar-refractivity contribution in [2.75, 3.05) is 18.1 Å². The maximum Gasteiger partial charge on any atom is 0.252 e. The predicted octanol–water partition coefficient (Wildman–Crippen LogP) is 0.854. The molecular formula is C12H19N3O2. The van der Waals surface area contributed by atoms with E-state index in [4.69, 9.17) is 5.11 Å².